The fraction of sp³-hybridized carbons (Fsp3) is 0.750. The van der Waals surface area contributed by atoms with Gasteiger partial charge in [0.2, 0.25) is 0 Å². The molecular formula is C16H28N2OS. The first-order valence-corrected chi connectivity index (χ1v) is 8.59. The monoisotopic (exact) mass is 296 g/mol. The predicted molar refractivity (Wildman–Crippen MR) is 86.2 cm³/mol. The molecule has 0 aromatic carbocycles. The van der Waals surface area contributed by atoms with Crippen molar-refractivity contribution in [2.24, 2.45) is 11.7 Å². The van der Waals surface area contributed by atoms with Crippen LogP contribution in [0.25, 0.3) is 0 Å². The van der Waals surface area contributed by atoms with Crippen LogP contribution in [0, 0.1) is 12.8 Å². The Kier molecular flexibility index (Phi) is 6.02. The van der Waals surface area contributed by atoms with E-state index < -0.39 is 0 Å². The third-order valence-electron chi connectivity index (χ3n) is 4.16. The van der Waals surface area contributed by atoms with Gasteiger partial charge < -0.3 is 10.5 Å². The quantitative estimate of drug-likeness (QED) is 0.711. The van der Waals surface area contributed by atoms with Crippen molar-refractivity contribution < 1.29 is 4.74 Å². The molecule has 2 unspecified atom stereocenters. The van der Waals surface area contributed by atoms with Crippen molar-refractivity contribution in [2.45, 2.75) is 45.2 Å². The molecule has 1 saturated carbocycles. The zero-order valence-electron chi connectivity index (χ0n) is 13.0. The van der Waals surface area contributed by atoms with Gasteiger partial charge in [0, 0.05) is 24.1 Å². The van der Waals surface area contributed by atoms with E-state index in [0.717, 1.165) is 32.1 Å². The average molecular weight is 296 g/mol. The molecule has 2 atom stereocenters. The Morgan fingerprint density at radius 1 is 1.50 bits per heavy atom. The molecule has 1 aliphatic rings. The minimum absolute atomic E-state index is 0.181. The van der Waals surface area contributed by atoms with E-state index in [-0.39, 0.29) is 6.04 Å². The van der Waals surface area contributed by atoms with Gasteiger partial charge >= 0.3 is 0 Å². The van der Waals surface area contributed by atoms with Crippen molar-refractivity contribution in [3.05, 3.63) is 21.9 Å². The molecule has 20 heavy (non-hydrogen) atoms. The molecule has 2 rings (SSSR count). The number of ether oxygens (including phenoxy) is 1. The van der Waals surface area contributed by atoms with E-state index >= 15 is 0 Å². The van der Waals surface area contributed by atoms with Gasteiger partial charge in [-0.2, -0.15) is 0 Å². The Balaban J connectivity index is 1.89. The fourth-order valence-electron chi connectivity index (χ4n) is 2.51. The minimum atomic E-state index is 0.181. The van der Waals surface area contributed by atoms with Crippen LogP contribution >= 0.6 is 11.3 Å². The van der Waals surface area contributed by atoms with Crippen molar-refractivity contribution in [1.29, 1.82) is 0 Å². The lowest BCUT2D eigenvalue weighted by molar-refractivity contribution is 0.0867. The third kappa shape index (κ3) is 4.29. The maximum atomic E-state index is 6.36. The average Bonchev–Trinajstić information content (AvgIpc) is 3.18. The first-order chi connectivity index (χ1) is 9.63. The summed E-state index contributed by atoms with van der Waals surface area (Å²) in [6.07, 6.45) is 3.70. The normalized spacial score (nSPS) is 18.4. The molecule has 1 fully saturated rings. The number of likely N-dealkylation sites (N-methyl/N-ethyl adjacent to an activating group) is 1. The molecular weight excluding hydrogens is 268 g/mol. The van der Waals surface area contributed by atoms with E-state index in [0.29, 0.717) is 6.04 Å². The highest BCUT2D eigenvalue weighted by Gasteiger charge is 2.26. The highest BCUT2D eigenvalue weighted by atomic mass is 32.1. The molecule has 1 heterocycles. The zero-order valence-corrected chi connectivity index (χ0v) is 13.8. The van der Waals surface area contributed by atoms with E-state index in [2.05, 4.69) is 37.2 Å². The summed E-state index contributed by atoms with van der Waals surface area (Å²) >= 11 is 1.82. The number of hydrogen-bond acceptors (Lipinski definition) is 4. The summed E-state index contributed by atoms with van der Waals surface area (Å²) in [5, 5.41) is 2.16. The van der Waals surface area contributed by atoms with E-state index in [1.165, 1.54) is 23.3 Å². The zero-order chi connectivity index (χ0) is 14.5. The predicted octanol–water partition coefficient (Wildman–Crippen LogP) is 3.19. The summed E-state index contributed by atoms with van der Waals surface area (Å²) in [4.78, 5) is 3.77. The number of thiophene rings is 1. The lowest BCUT2D eigenvalue weighted by Crippen LogP contribution is -2.40. The number of nitrogens with zero attached hydrogens (tertiary/aromatic N) is 1. The molecule has 3 nitrogen and oxygen atoms in total. The van der Waals surface area contributed by atoms with Crippen LogP contribution < -0.4 is 5.73 Å². The van der Waals surface area contributed by atoms with Gasteiger partial charge in [0.05, 0.1) is 12.6 Å². The Morgan fingerprint density at radius 3 is 2.80 bits per heavy atom. The van der Waals surface area contributed by atoms with E-state index in [9.17, 15) is 0 Å². The Hall–Kier alpha value is -0.420. The minimum Gasteiger partial charge on any atom is -0.380 e. The van der Waals surface area contributed by atoms with Crippen LogP contribution in [0.3, 0.4) is 0 Å². The number of hydrogen-bond donors (Lipinski definition) is 1. The molecule has 0 saturated heterocycles. The number of nitrogens with two attached hydrogens (primary N) is 1. The van der Waals surface area contributed by atoms with E-state index in [4.69, 9.17) is 10.5 Å². The standard InChI is InChI=1S/C16H28N2OS/c1-4-14(17)15(16-12(2)7-10-20-16)18(3)8-9-19-11-13-5-6-13/h7,10,13-15H,4-6,8-9,11,17H2,1-3H3. The molecule has 4 heteroatoms. The Morgan fingerprint density at radius 2 is 2.25 bits per heavy atom. The van der Waals surface area contributed by atoms with Gasteiger partial charge in [-0.25, -0.2) is 0 Å². The molecule has 0 radical (unpaired) electrons. The Labute approximate surface area is 127 Å². The van der Waals surface area contributed by atoms with Gasteiger partial charge in [-0.05, 0) is 56.2 Å². The molecule has 0 aliphatic heterocycles. The van der Waals surface area contributed by atoms with Crippen molar-refractivity contribution in [2.75, 3.05) is 26.8 Å². The van der Waals surface area contributed by atoms with Crippen molar-refractivity contribution in [3.63, 3.8) is 0 Å². The van der Waals surface area contributed by atoms with Crippen molar-refractivity contribution in [3.8, 4) is 0 Å². The second-order valence-corrected chi connectivity index (χ2v) is 6.93. The summed E-state index contributed by atoms with van der Waals surface area (Å²) in [5.74, 6) is 0.841. The molecule has 1 aliphatic carbocycles. The highest BCUT2D eigenvalue weighted by Crippen LogP contribution is 2.31. The third-order valence-corrected chi connectivity index (χ3v) is 5.25. The van der Waals surface area contributed by atoms with Crippen LogP contribution in [0.2, 0.25) is 0 Å². The SMILES string of the molecule is CCC(N)C(c1sccc1C)N(C)CCOCC1CC1. The van der Waals surface area contributed by atoms with Crippen LogP contribution in [-0.2, 0) is 4.74 Å². The maximum absolute atomic E-state index is 6.36. The van der Waals surface area contributed by atoms with Crippen molar-refractivity contribution >= 4 is 11.3 Å². The smallest absolute Gasteiger partial charge is 0.0594 e. The molecule has 2 N–H and O–H groups in total. The fourth-order valence-corrected chi connectivity index (χ4v) is 3.68. The number of rotatable bonds is 9. The van der Waals surface area contributed by atoms with Gasteiger partial charge in [-0.15, -0.1) is 11.3 Å². The molecule has 0 bridgehead atoms. The summed E-state index contributed by atoms with van der Waals surface area (Å²) < 4.78 is 5.76. The molecule has 1 aromatic rings. The Bertz CT molecular complexity index is 403. The summed E-state index contributed by atoms with van der Waals surface area (Å²) in [6.45, 7) is 7.04. The highest BCUT2D eigenvalue weighted by molar-refractivity contribution is 7.10. The van der Waals surface area contributed by atoms with Crippen LogP contribution in [0.4, 0.5) is 0 Å². The van der Waals surface area contributed by atoms with E-state index in [1.54, 1.807) is 0 Å². The lowest BCUT2D eigenvalue weighted by atomic mass is 10.0. The second-order valence-electron chi connectivity index (χ2n) is 5.98. The van der Waals surface area contributed by atoms with Gasteiger partial charge in [-0.1, -0.05) is 6.92 Å². The topological polar surface area (TPSA) is 38.5 Å². The van der Waals surface area contributed by atoms with Gasteiger partial charge in [0.1, 0.15) is 0 Å². The molecule has 1 aromatic heterocycles. The van der Waals surface area contributed by atoms with Gasteiger partial charge in [-0.3, -0.25) is 4.90 Å². The first-order valence-electron chi connectivity index (χ1n) is 7.71. The summed E-state index contributed by atoms with van der Waals surface area (Å²) in [6, 6.07) is 2.68. The maximum Gasteiger partial charge on any atom is 0.0594 e. The lowest BCUT2D eigenvalue weighted by Gasteiger charge is -2.32. The van der Waals surface area contributed by atoms with Gasteiger partial charge in [0.25, 0.3) is 0 Å². The largest absolute Gasteiger partial charge is 0.380 e. The van der Waals surface area contributed by atoms with Crippen LogP contribution in [0.5, 0.6) is 0 Å². The molecule has 0 amide bonds. The first kappa shape index (κ1) is 16.0. The summed E-state index contributed by atoms with van der Waals surface area (Å²) in [5.41, 5.74) is 7.72. The van der Waals surface area contributed by atoms with Crippen molar-refractivity contribution in [1.82, 2.24) is 4.90 Å². The van der Waals surface area contributed by atoms with Crippen LogP contribution in [0.15, 0.2) is 11.4 Å². The van der Waals surface area contributed by atoms with E-state index in [1.807, 2.05) is 11.3 Å². The molecule has 114 valence electrons. The second kappa shape index (κ2) is 7.55. The van der Waals surface area contributed by atoms with Gasteiger partial charge in [0.15, 0.2) is 0 Å². The number of aryl methyl sites for hydroxylation is 1. The molecule has 0 spiro atoms. The summed E-state index contributed by atoms with van der Waals surface area (Å²) in [7, 11) is 2.17. The van der Waals surface area contributed by atoms with Crippen LogP contribution in [-0.4, -0.2) is 37.7 Å². The van der Waals surface area contributed by atoms with Crippen LogP contribution in [0.1, 0.15) is 42.7 Å².